The monoisotopic (exact) mass is 458 g/mol. The number of halogens is 1. The number of anilines is 2. The van der Waals surface area contributed by atoms with E-state index in [1.54, 1.807) is 13.0 Å². The normalized spacial score (nSPS) is 10.8. The molecule has 0 aliphatic rings. The predicted octanol–water partition coefficient (Wildman–Crippen LogP) is 5.15. The first-order chi connectivity index (χ1) is 13.9. The van der Waals surface area contributed by atoms with Crippen LogP contribution in [0.2, 0.25) is 0 Å². The lowest BCUT2D eigenvalue weighted by atomic mass is 10.1. The molecule has 0 spiro atoms. The summed E-state index contributed by atoms with van der Waals surface area (Å²) in [4.78, 5) is 26.7. The Labute approximate surface area is 177 Å². The lowest BCUT2D eigenvalue weighted by molar-refractivity contribution is -0.119. The van der Waals surface area contributed by atoms with E-state index in [2.05, 4.69) is 40.0 Å². The van der Waals surface area contributed by atoms with E-state index in [1.165, 1.54) is 0 Å². The number of amides is 1. The van der Waals surface area contributed by atoms with Crippen molar-refractivity contribution in [3.05, 3.63) is 58.3 Å². The van der Waals surface area contributed by atoms with Gasteiger partial charge in [0.05, 0.1) is 0 Å². The molecule has 3 rings (SSSR count). The minimum Gasteiger partial charge on any atom is -0.450 e. The number of hydrogen-bond donors (Lipinski definition) is 1. The van der Waals surface area contributed by atoms with E-state index in [4.69, 9.17) is 9.15 Å². The Hall–Kier alpha value is -2.80. The van der Waals surface area contributed by atoms with Gasteiger partial charge in [-0.2, -0.15) is 0 Å². The molecule has 0 radical (unpaired) electrons. The Bertz CT molecular complexity index is 1020. The predicted molar refractivity (Wildman–Crippen MR) is 118 cm³/mol. The van der Waals surface area contributed by atoms with E-state index in [-0.39, 0.29) is 5.76 Å². The highest BCUT2D eigenvalue weighted by Crippen LogP contribution is 2.28. The van der Waals surface area contributed by atoms with Crippen LogP contribution in [0.5, 0.6) is 0 Å². The molecule has 1 N–H and O–H groups in total. The average Bonchev–Trinajstić information content (AvgIpc) is 3.04. The zero-order chi connectivity index (χ0) is 21.0. The molecule has 6 nitrogen and oxygen atoms in total. The molecule has 152 valence electrons. The second-order valence-corrected chi connectivity index (χ2v) is 7.46. The molecule has 1 amide bonds. The molecule has 0 bridgehead atoms. The number of carbonyl (C=O) groups is 2. The zero-order valence-electron chi connectivity index (χ0n) is 16.6. The van der Waals surface area contributed by atoms with E-state index >= 15 is 0 Å². The summed E-state index contributed by atoms with van der Waals surface area (Å²) in [6.07, 6.45) is 0. The van der Waals surface area contributed by atoms with Gasteiger partial charge in [-0.3, -0.25) is 4.79 Å². The number of furan rings is 1. The third-order valence-electron chi connectivity index (χ3n) is 4.70. The van der Waals surface area contributed by atoms with E-state index in [0.29, 0.717) is 16.8 Å². The van der Waals surface area contributed by atoms with E-state index < -0.39 is 18.5 Å². The first-order valence-electron chi connectivity index (χ1n) is 9.43. The molecule has 0 unspecified atom stereocenters. The number of carbonyl (C=O) groups excluding carboxylic acids is 2. The highest BCUT2D eigenvalue weighted by Gasteiger charge is 2.20. The summed E-state index contributed by atoms with van der Waals surface area (Å²) >= 11 is 3.40. The fourth-order valence-corrected chi connectivity index (χ4v) is 3.49. The topological polar surface area (TPSA) is 71.8 Å². The van der Waals surface area contributed by atoms with Crippen LogP contribution in [-0.2, 0) is 9.53 Å². The van der Waals surface area contributed by atoms with Crippen molar-refractivity contribution in [3.8, 4) is 0 Å². The second-order valence-electron chi connectivity index (χ2n) is 6.54. The van der Waals surface area contributed by atoms with Gasteiger partial charge in [0.15, 0.2) is 6.61 Å². The maximum absolute atomic E-state index is 12.3. The van der Waals surface area contributed by atoms with Gasteiger partial charge >= 0.3 is 5.97 Å². The Kier molecular flexibility index (Phi) is 6.59. The molecule has 1 heterocycles. The van der Waals surface area contributed by atoms with Crippen LogP contribution in [0.25, 0.3) is 11.0 Å². The van der Waals surface area contributed by atoms with Crippen molar-refractivity contribution >= 4 is 50.2 Å². The number of aryl methyl sites for hydroxylation is 1. The summed E-state index contributed by atoms with van der Waals surface area (Å²) in [6, 6.07) is 13.0. The number of hydrogen-bond acceptors (Lipinski definition) is 5. The van der Waals surface area contributed by atoms with E-state index in [0.717, 1.165) is 28.6 Å². The van der Waals surface area contributed by atoms with Crippen LogP contribution < -0.4 is 10.2 Å². The first-order valence-corrected chi connectivity index (χ1v) is 10.2. The van der Waals surface area contributed by atoms with Gasteiger partial charge in [-0.15, -0.1) is 0 Å². The largest absolute Gasteiger partial charge is 0.450 e. The standard InChI is InChI=1S/C22H23BrN2O4/c1-4-25(5-2)17-9-7-16(8-10-17)24-20(26)13-28-22(27)21-14(3)18-12-15(23)6-11-19(18)29-21/h6-12H,4-5,13H2,1-3H3,(H,24,26). The van der Waals surface area contributed by atoms with Crippen molar-refractivity contribution in [2.24, 2.45) is 0 Å². The maximum atomic E-state index is 12.3. The molecular weight excluding hydrogens is 436 g/mol. The highest BCUT2D eigenvalue weighted by molar-refractivity contribution is 9.10. The van der Waals surface area contributed by atoms with Gasteiger partial charge < -0.3 is 19.4 Å². The summed E-state index contributed by atoms with van der Waals surface area (Å²) < 4.78 is 11.6. The number of benzene rings is 2. The van der Waals surface area contributed by atoms with Gasteiger partial charge in [0, 0.05) is 39.9 Å². The van der Waals surface area contributed by atoms with Crippen molar-refractivity contribution in [2.75, 3.05) is 29.9 Å². The minimum atomic E-state index is -0.665. The highest BCUT2D eigenvalue weighted by atomic mass is 79.9. The lowest BCUT2D eigenvalue weighted by Crippen LogP contribution is -2.22. The Morgan fingerprint density at radius 3 is 2.45 bits per heavy atom. The van der Waals surface area contributed by atoms with Crippen molar-refractivity contribution < 1.29 is 18.7 Å². The van der Waals surface area contributed by atoms with E-state index in [1.807, 2.05) is 36.4 Å². The maximum Gasteiger partial charge on any atom is 0.375 e. The van der Waals surface area contributed by atoms with Gasteiger partial charge in [-0.1, -0.05) is 15.9 Å². The summed E-state index contributed by atoms with van der Waals surface area (Å²) in [5.41, 5.74) is 3.01. The number of esters is 1. The molecule has 29 heavy (non-hydrogen) atoms. The molecule has 0 saturated heterocycles. The molecule has 0 atom stereocenters. The van der Waals surface area contributed by atoms with Crippen LogP contribution in [0.15, 0.2) is 51.4 Å². The Morgan fingerprint density at radius 1 is 1.10 bits per heavy atom. The third-order valence-corrected chi connectivity index (χ3v) is 5.19. The van der Waals surface area contributed by atoms with Crippen LogP contribution in [0, 0.1) is 6.92 Å². The third kappa shape index (κ3) is 4.79. The lowest BCUT2D eigenvalue weighted by Gasteiger charge is -2.21. The number of fused-ring (bicyclic) bond motifs is 1. The fourth-order valence-electron chi connectivity index (χ4n) is 3.13. The van der Waals surface area contributed by atoms with Gasteiger partial charge in [0.2, 0.25) is 5.76 Å². The molecular formula is C22H23BrN2O4. The quantitative estimate of drug-likeness (QED) is 0.495. The first kappa shape index (κ1) is 20.9. The smallest absolute Gasteiger partial charge is 0.375 e. The van der Waals surface area contributed by atoms with Gasteiger partial charge in [-0.25, -0.2) is 4.79 Å². The number of ether oxygens (including phenoxy) is 1. The summed E-state index contributed by atoms with van der Waals surface area (Å²) in [5.74, 6) is -0.971. The van der Waals surface area contributed by atoms with E-state index in [9.17, 15) is 9.59 Å². The van der Waals surface area contributed by atoms with Crippen LogP contribution in [0.3, 0.4) is 0 Å². The van der Waals surface area contributed by atoms with Crippen molar-refractivity contribution in [1.82, 2.24) is 0 Å². The number of nitrogens with one attached hydrogen (secondary N) is 1. The van der Waals surface area contributed by atoms with Gasteiger partial charge in [0.1, 0.15) is 5.58 Å². The Balaban J connectivity index is 1.59. The average molecular weight is 459 g/mol. The number of nitrogens with zero attached hydrogens (tertiary/aromatic N) is 1. The molecule has 2 aromatic carbocycles. The molecule has 3 aromatic rings. The van der Waals surface area contributed by atoms with Crippen molar-refractivity contribution in [3.63, 3.8) is 0 Å². The van der Waals surface area contributed by atoms with Gasteiger partial charge in [-0.05, 0) is 63.2 Å². The van der Waals surface area contributed by atoms with Crippen LogP contribution in [0.4, 0.5) is 11.4 Å². The van der Waals surface area contributed by atoms with Crippen molar-refractivity contribution in [2.45, 2.75) is 20.8 Å². The van der Waals surface area contributed by atoms with Gasteiger partial charge in [0.25, 0.3) is 5.91 Å². The summed E-state index contributed by atoms with van der Waals surface area (Å²) in [7, 11) is 0. The number of rotatable bonds is 7. The SMILES string of the molecule is CCN(CC)c1ccc(NC(=O)COC(=O)c2oc3ccc(Br)cc3c2C)cc1. The molecule has 0 saturated carbocycles. The summed E-state index contributed by atoms with van der Waals surface area (Å²) in [5, 5.41) is 3.55. The minimum absolute atomic E-state index is 0.106. The van der Waals surface area contributed by atoms with Crippen LogP contribution >= 0.6 is 15.9 Å². The molecule has 0 aliphatic heterocycles. The molecule has 0 aliphatic carbocycles. The van der Waals surface area contributed by atoms with Crippen LogP contribution in [-0.4, -0.2) is 31.6 Å². The second kappa shape index (κ2) is 9.13. The summed E-state index contributed by atoms with van der Waals surface area (Å²) in [6.45, 7) is 7.40. The molecule has 1 aromatic heterocycles. The zero-order valence-corrected chi connectivity index (χ0v) is 18.2. The molecule has 0 fully saturated rings. The molecule has 7 heteroatoms. The van der Waals surface area contributed by atoms with Crippen molar-refractivity contribution in [1.29, 1.82) is 0 Å². The van der Waals surface area contributed by atoms with Crippen LogP contribution in [0.1, 0.15) is 30.0 Å². The Morgan fingerprint density at radius 2 is 1.79 bits per heavy atom. The fraction of sp³-hybridized carbons (Fsp3) is 0.273.